The molecule has 0 aliphatic carbocycles. The second kappa shape index (κ2) is 6.71. The number of thiazole rings is 1. The number of nitrogens with zero attached hydrogens (tertiary/aromatic N) is 1. The molecule has 0 saturated heterocycles. The topological polar surface area (TPSA) is 62.2 Å². The highest BCUT2D eigenvalue weighted by molar-refractivity contribution is 7.09. The molecular weight excluding hydrogens is 236 g/mol. The zero-order chi connectivity index (χ0) is 12.8. The summed E-state index contributed by atoms with van der Waals surface area (Å²) in [4.78, 5) is 16.0. The number of nitrogens with one attached hydrogen (secondary N) is 1. The van der Waals surface area contributed by atoms with Crippen molar-refractivity contribution in [1.82, 2.24) is 10.3 Å². The summed E-state index contributed by atoms with van der Waals surface area (Å²) in [6.07, 6.45) is 1.08. The minimum absolute atomic E-state index is 0.0139. The molecule has 1 heterocycles. The molecule has 5 heteroatoms. The van der Waals surface area contributed by atoms with E-state index in [1.54, 1.807) is 11.3 Å². The Kier molecular flexibility index (Phi) is 5.58. The second-order valence-electron chi connectivity index (χ2n) is 4.61. The fraction of sp³-hybridized carbons (Fsp3) is 0.667. The van der Waals surface area contributed by atoms with Gasteiger partial charge >= 0.3 is 0 Å². The van der Waals surface area contributed by atoms with Crippen LogP contribution in [0.3, 0.4) is 0 Å². The molecular formula is C12H20N2O2S. The summed E-state index contributed by atoms with van der Waals surface area (Å²) in [7, 11) is 0. The molecule has 0 radical (unpaired) electrons. The number of aryl methyl sites for hydroxylation is 1. The molecule has 1 amide bonds. The fourth-order valence-corrected chi connectivity index (χ4v) is 2.29. The molecule has 0 saturated carbocycles. The summed E-state index contributed by atoms with van der Waals surface area (Å²) < 4.78 is 0. The van der Waals surface area contributed by atoms with E-state index >= 15 is 0 Å². The van der Waals surface area contributed by atoms with Crippen LogP contribution < -0.4 is 5.32 Å². The number of aromatic nitrogens is 1. The average Bonchev–Trinajstić information content (AvgIpc) is 2.62. The van der Waals surface area contributed by atoms with E-state index in [9.17, 15) is 4.79 Å². The molecule has 1 rings (SSSR count). The van der Waals surface area contributed by atoms with Crippen molar-refractivity contribution >= 4 is 17.2 Å². The van der Waals surface area contributed by atoms with Crippen LogP contribution in [0.5, 0.6) is 0 Å². The second-order valence-corrected chi connectivity index (χ2v) is 5.67. The van der Waals surface area contributed by atoms with Crippen molar-refractivity contribution < 1.29 is 9.90 Å². The first-order valence-electron chi connectivity index (χ1n) is 5.82. The number of carbonyl (C=O) groups is 1. The van der Waals surface area contributed by atoms with Crippen LogP contribution in [0.2, 0.25) is 0 Å². The van der Waals surface area contributed by atoms with Crippen molar-refractivity contribution in [3.05, 3.63) is 16.1 Å². The first-order valence-corrected chi connectivity index (χ1v) is 6.70. The number of hydrogen-bond acceptors (Lipinski definition) is 4. The van der Waals surface area contributed by atoms with Crippen LogP contribution in [-0.2, 0) is 11.2 Å². The normalized spacial score (nSPS) is 12.8. The molecule has 1 unspecified atom stereocenters. The summed E-state index contributed by atoms with van der Waals surface area (Å²) in [5.41, 5.74) is 0.797. The molecule has 0 aliphatic heterocycles. The van der Waals surface area contributed by atoms with Crippen molar-refractivity contribution in [2.45, 2.75) is 39.7 Å². The lowest BCUT2D eigenvalue weighted by atomic mass is 10.0. The number of amides is 1. The number of aliphatic hydroxyl groups excluding tert-OH is 1. The highest BCUT2D eigenvalue weighted by Gasteiger charge is 2.14. The van der Waals surface area contributed by atoms with E-state index < -0.39 is 0 Å². The van der Waals surface area contributed by atoms with Crippen LogP contribution in [0, 0.1) is 12.8 Å². The highest BCUT2D eigenvalue weighted by atomic mass is 32.1. The van der Waals surface area contributed by atoms with Gasteiger partial charge in [0, 0.05) is 5.38 Å². The molecule has 4 nitrogen and oxygen atoms in total. The Labute approximate surface area is 106 Å². The fourth-order valence-electron chi connectivity index (χ4n) is 1.68. The Morgan fingerprint density at radius 3 is 2.76 bits per heavy atom. The average molecular weight is 256 g/mol. The molecule has 17 heavy (non-hydrogen) atoms. The number of hydrogen-bond donors (Lipinski definition) is 2. The molecule has 0 bridgehead atoms. The number of rotatable bonds is 6. The molecule has 1 aromatic rings. The van der Waals surface area contributed by atoms with Crippen LogP contribution in [0.4, 0.5) is 0 Å². The lowest BCUT2D eigenvalue weighted by Crippen LogP contribution is -2.39. The Morgan fingerprint density at radius 2 is 2.29 bits per heavy atom. The predicted octanol–water partition coefficient (Wildman–Crippen LogP) is 1.52. The van der Waals surface area contributed by atoms with Gasteiger partial charge in [-0.1, -0.05) is 13.8 Å². The largest absolute Gasteiger partial charge is 0.394 e. The molecule has 1 aromatic heterocycles. The summed E-state index contributed by atoms with van der Waals surface area (Å²) in [5, 5.41) is 14.9. The molecule has 1 atom stereocenters. The standard InChI is InChI=1S/C12H20N2O2S/c1-8(2)4-10(6-15)14-12(16)5-11-7-17-9(3)13-11/h7-8,10,15H,4-6H2,1-3H3,(H,14,16). The molecule has 0 aliphatic rings. The van der Waals surface area contributed by atoms with Gasteiger partial charge in [-0.15, -0.1) is 11.3 Å². The molecule has 96 valence electrons. The third-order valence-electron chi connectivity index (χ3n) is 2.35. The van der Waals surface area contributed by atoms with E-state index in [0.717, 1.165) is 17.1 Å². The van der Waals surface area contributed by atoms with Gasteiger partial charge in [0.1, 0.15) is 0 Å². The van der Waals surface area contributed by atoms with Crippen LogP contribution in [0.15, 0.2) is 5.38 Å². The maximum Gasteiger partial charge on any atom is 0.226 e. The van der Waals surface area contributed by atoms with E-state index in [1.165, 1.54) is 0 Å². The Hall–Kier alpha value is -0.940. The maximum absolute atomic E-state index is 11.7. The molecule has 0 aromatic carbocycles. The molecule has 0 spiro atoms. The Morgan fingerprint density at radius 1 is 1.59 bits per heavy atom. The maximum atomic E-state index is 11.7. The minimum atomic E-state index is -0.151. The van der Waals surface area contributed by atoms with E-state index in [-0.39, 0.29) is 18.6 Å². The Balaban J connectivity index is 2.42. The van der Waals surface area contributed by atoms with E-state index in [0.29, 0.717) is 12.3 Å². The quantitative estimate of drug-likeness (QED) is 0.811. The van der Waals surface area contributed by atoms with Gasteiger partial charge in [0.2, 0.25) is 5.91 Å². The lowest BCUT2D eigenvalue weighted by Gasteiger charge is -2.17. The predicted molar refractivity (Wildman–Crippen MR) is 69.0 cm³/mol. The van der Waals surface area contributed by atoms with Gasteiger partial charge in [-0.2, -0.15) is 0 Å². The van der Waals surface area contributed by atoms with E-state index in [2.05, 4.69) is 24.1 Å². The highest BCUT2D eigenvalue weighted by Crippen LogP contribution is 2.09. The summed E-state index contributed by atoms with van der Waals surface area (Å²) in [6, 6.07) is -0.151. The van der Waals surface area contributed by atoms with Crippen LogP contribution >= 0.6 is 11.3 Å². The zero-order valence-electron chi connectivity index (χ0n) is 10.6. The minimum Gasteiger partial charge on any atom is -0.394 e. The van der Waals surface area contributed by atoms with Gasteiger partial charge in [0.15, 0.2) is 0 Å². The molecule has 2 N–H and O–H groups in total. The van der Waals surface area contributed by atoms with Crippen LogP contribution in [0.1, 0.15) is 31.0 Å². The van der Waals surface area contributed by atoms with E-state index in [4.69, 9.17) is 5.11 Å². The van der Waals surface area contributed by atoms with Gasteiger partial charge in [0.05, 0.1) is 29.8 Å². The summed E-state index contributed by atoms with van der Waals surface area (Å²) >= 11 is 1.54. The first kappa shape index (κ1) is 14.1. The van der Waals surface area contributed by atoms with Gasteiger partial charge in [-0.3, -0.25) is 4.79 Å². The third kappa shape index (κ3) is 5.28. The molecule has 0 fully saturated rings. The van der Waals surface area contributed by atoms with Gasteiger partial charge < -0.3 is 10.4 Å². The van der Waals surface area contributed by atoms with Crippen molar-refractivity contribution in [2.75, 3.05) is 6.61 Å². The van der Waals surface area contributed by atoms with Crippen molar-refractivity contribution in [3.63, 3.8) is 0 Å². The number of carbonyl (C=O) groups excluding carboxylic acids is 1. The van der Waals surface area contributed by atoms with Gasteiger partial charge in [-0.05, 0) is 19.3 Å². The first-order chi connectivity index (χ1) is 8.01. The smallest absolute Gasteiger partial charge is 0.226 e. The van der Waals surface area contributed by atoms with E-state index in [1.807, 2.05) is 12.3 Å². The lowest BCUT2D eigenvalue weighted by molar-refractivity contribution is -0.121. The van der Waals surface area contributed by atoms with Crippen molar-refractivity contribution in [1.29, 1.82) is 0 Å². The van der Waals surface area contributed by atoms with Crippen molar-refractivity contribution in [2.24, 2.45) is 5.92 Å². The summed E-state index contributed by atoms with van der Waals surface area (Å²) in [6.45, 7) is 6.04. The van der Waals surface area contributed by atoms with Gasteiger partial charge in [0.25, 0.3) is 0 Å². The monoisotopic (exact) mass is 256 g/mol. The summed E-state index contributed by atoms with van der Waals surface area (Å²) in [5.74, 6) is 0.379. The number of aliphatic hydroxyl groups is 1. The third-order valence-corrected chi connectivity index (χ3v) is 3.17. The van der Waals surface area contributed by atoms with Crippen molar-refractivity contribution in [3.8, 4) is 0 Å². The van der Waals surface area contributed by atoms with Gasteiger partial charge in [-0.25, -0.2) is 4.98 Å². The Bertz CT molecular complexity index is 363. The zero-order valence-corrected chi connectivity index (χ0v) is 11.4. The SMILES string of the molecule is Cc1nc(CC(=O)NC(CO)CC(C)C)cs1. The van der Waals surface area contributed by atoms with Crippen LogP contribution in [-0.4, -0.2) is 28.6 Å². The van der Waals surface area contributed by atoms with Crippen LogP contribution in [0.25, 0.3) is 0 Å².